The van der Waals surface area contributed by atoms with Gasteiger partial charge in [-0.3, -0.25) is 0 Å². The molecule has 1 aromatic heterocycles. The van der Waals surface area contributed by atoms with E-state index >= 15 is 0 Å². The van der Waals surface area contributed by atoms with E-state index in [4.69, 9.17) is 29.3 Å². The van der Waals surface area contributed by atoms with Crippen molar-refractivity contribution in [3.63, 3.8) is 0 Å². The summed E-state index contributed by atoms with van der Waals surface area (Å²) < 4.78 is 0. The number of hydrogen-bond acceptors (Lipinski definition) is 4. The van der Waals surface area contributed by atoms with Crippen LogP contribution in [-0.2, 0) is 12.6 Å². The zero-order valence-corrected chi connectivity index (χ0v) is 12.8. The second-order valence-electron chi connectivity index (χ2n) is 3.73. The van der Waals surface area contributed by atoms with E-state index in [9.17, 15) is 0 Å². The number of nitrogens with zero attached hydrogens (tertiary/aromatic N) is 2. The quantitative estimate of drug-likeness (QED) is 0.520. The number of anilines is 1. The van der Waals surface area contributed by atoms with Gasteiger partial charge in [-0.1, -0.05) is 17.7 Å². The van der Waals surface area contributed by atoms with Crippen molar-refractivity contribution in [2.24, 2.45) is 5.92 Å². The SMILES string of the molecule is OC[C@H]1CCN(c2nccc([S-])c2Cl)C1.[Na+]. The summed E-state index contributed by atoms with van der Waals surface area (Å²) in [5.74, 6) is 1.08. The smallest absolute Gasteiger partial charge is 0.778 e. The fourth-order valence-corrected chi connectivity index (χ4v) is 2.19. The van der Waals surface area contributed by atoms with Crippen molar-refractivity contribution >= 4 is 30.0 Å². The van der Waals surface area contributed by atoms with Gasteiger partial charge < -0.3 is 22.6 Å². The zero-order valence-electron chi connectivity index (χ0n) is 9.19. The van der Waals surface area contributed by atoms with Crippen molar-refractivity contribution in [3.8, 4) is 0 Å². The number of aliphatic hydroxyl groups is 1. The van der Waals surface area contributed by atoms with Crippen LogP contribution >= 0.6 is 11.6 Å². The molecule has 0 amide bonds. The first kappa shape index (κ1) is 14.5. The van der Waals surface area contributed by atoms with E-state index in [1.165, 1.54) is 0 Å². The molecular weight excluding hydrogens is 255 g/mol. The maximum Gasteiger partial charge on any atom is 1.00 e. The van der Waals surface area contributed by atoms with E-state index in [2.05, 4.69) is 9.88 Å². The average molecular weight is 267 g/mol. The van der Waals surface area contributed by atoms with E-state index in [0.717, 1.165) is 25.3 Å². The summed E-state index contributed by atoms with van der Waals surface area (Å²) in [4.78, 5) is 6.95. The molecule has 1 N–H and O–H groups in total. The third-order valence-corrected chi connectivity index (χ3v) is 3.50. The Hall–Kier alpha value is 0.420. The zero-order chi connectivity index (χ0) is 10.8. The molecule has 16 heavy (non-hydrogen) atoms. The predicted octanol–water partition coefficient (Wildman–Crippen LogP) is -1.54. The van der Waals surface area contributed by atoms with Crippen LogP contribution in [0.2, 0.25) is 5.02 Å². The largest absolute Gasteiger partial charge is 1.00 e. The van der Waals surface area contributed by atoms with E-state index in [1.54, 1.807) is 12.3 Å². The van der Waals surface area contributed by atoms with Crippen molar-refractivity contribution < 1.29 is 34.7 Å². The Morgan fingerprint density at radius 1 is 1.62 bits per heavy atom. The Bertz CT molecular complexity index is 367. The van der Waals surface area contributed by atoms with Crippen LogP contribution in [0, 0.1) is 5.92 Å². The molecule has 1 aromatic rings. The number of aromatic nitrogens is 1. The molecule has 3 nitrogen and oxygen atoms in total. The molecule has 0 saturated carbocycles. The standard InChI is InChI=1S/C10H13ClN2OS.Na/c11-9-8(15)1-3-12-10(9)13-4-2-7(5-13)6-14;/h1,3,7,14H,2,4-6H2,(H,12,15);/q;+1/p-1/t7-;/m0./s1. The molecule has 82 valence electrons. The van der Waals surface area contributed by atoms with Gasteiger partial charge in [-0.25, -0.2) is 4.98 Å². The summed E-state index contributed by atoms with van der Waals surface area (Å²) >= 11 is 11.2. The third kappa shape index (κ3) is 3.00. The summed E-state index contributed by atoms with van der Waals surface area (Å²) in [5.41, 5.74) is 0. The van der Waals surface area contributed by atoms with E-state index in [1.807, 2.05) is 0 Å². The maximum atomic E-state index is 9.05. The predicted molar refractivity (Wildman–Crippen MR) is 62.3 cm³/mol. The number of hydrogen-bond donors (Lipinski definition) is 1. The van der Waals surface area contributed by atoms with Crippen LogP contribution in [0.1, 0.15) is 6.42 Å². The van der Waals surface area contributed by atoms with Gasteiger partial charge in [0.15, 0.2) is 0 Å². The van der Waals surface area contributed by atoms with Crippen LogP contribution in [-0.4, -0.2) is 29.8 Å². The Kier molecular flexibility index (Phi) is 5.77. The van der Waals surface area contributed by atoms with Crippen molar-refractivity contribution in [3.05, 3.63) is 17.3 Å². The van der Waals surface area contributed by atoms with Crippen LogP contribution < -0.4 is 34.5 Å². The number of aliphatic hydroxyl groups excluding tert-OH is 1. The van der Waals surface area contributed by atoms with Gasteiger partial charge in [0.25, 0.3) is 0 Å². The van der Waals surface area contributed by atoms with Gasteiger partial charge in [0.1, 0.15) is 5.82 Å². The molecule has 1 fully saturated rings. The summed E-state index contributed by atoms with van der Waals surface area (Å²) in [6.07, 6.45) is 2.66. The molecule has 1 atom stereocenters. The van der Waals surface area contributed by atoms with Crippen molar-refractivity contribution in [1.29, 1.82) is 0 Å². The molecule has 2 rings (SSSR count). The molecule has 0 aromatic carbocycles. The second-order valence-corrected chi connectivity index (χ2v) is 4.55. The van der Waals surface area contributed by atoms with Crippen LogP contribution in [0.15, 0.2) is 17.2 Å². The molecule has 0 bridgehead atoms. The number of rotatable bonds is 2. The van der Waals surface area contributed by atoms with E-state index in [0.29, 0.717) is 15.8 Å². The summed E-state index contributed by atoms with van der Waals surface area (Å²) in [5, 5.41) is 9.60. The van der Waals surface area contributed by atoms with E-state index < -0.39 is 0 Å². The normalized spacial score (nSPS) is 19.6. The van der Waals surface area contributed by atoms with Gasteiger partial charge in [-0.15, -0.1) is 0 Å². The fourth-order valence-electron chi connectivity index (χ4n) is 1.81. The van der Waals surface area contributed by atoms with Crippen LogP contribution in [0.4, 0.5) is 5.82 Å². The Morgan fingerprint density at radius 2 is 2.38 bits per heavy atom. The average Bonchev–Trinajstić information content (AvgIpc) is 2.70. The first-order valence-electron chi connectivity index (χ1n) is 4.89. The minimum Gasteiger partial charge on any atom is -0.778 e. The second kappa shape index (κ2) is 6.38. The van der Waals surface area contributed by atoms with Crippen LogP contribution in [0.25, 0.3) is 0 Å². The van der Waals surface area contributed by atoms with Gasteiger partial charge in [-0.05, 0) is 6.42 Å². The molecule has 0 aliphatic carbocycles. The number of halogens is 1. The number of pyridine rings is 1. The van der Waals surface area contributed by atoms with Crippen molar-refractivity contribution in [1.82, 2.24) is 4.98 Å². The Morgan fingerprint density at radius 3 is 3.00 bits per heavy atom. The summed E-state index contributed by atoms with van der Waals surface area (Å²) in [7, 11) is 0. The Balaban J connectivity index is 0.00000128. The summed E-state index contributed by atoms with van der Waals surface area (Å²) in [6, 6.07) is 1.72. The molecule has 2 heterocycles. The third-order valence-electron chi connectivity index (χ3n) is 2.68. The Labute approximate surface area is 128 Å². The monoisotopic (exact) mass is 266 g/mol. The van der Waals surface area contributed by atoms with Crippen LogP contribution in [0.3, 0.4) is 0 Å². The maximum absolute atomic E-state index is 9.05. The van der Waals surface area contributed by atoms with Crippen molar-refractivity contribution in [2.75, 3.05) is 24.6 Å². The topological polar surface area (TPSA) is 36.4 Å². The molecule has 1 aliphatic heterocycles. The molecule has 6 heteroatoms. The molecule has 1 aliphatic rings. The van der Waals surface area contributed by atoms with Gasteiger partial charge >= 0.3 is 29.6 Å². The molecular formula is C10H12ClN2NaOS. The van der Waals surface area contributed by atoms with Gasteiger partial charge in [0.2, 0.25) is 0 Å². The van der Waals surface area contributed by atoms with Gasteiger partial charge in [0, 0.05) is 31.8 Å². The molecule has 1 saturated heterocycles. The first-order valence-corrected chi connectivity index (χ1v) is 5.68. The first-order chi connectivity index (χ1) is 7.22. The minimum atomic E-state index is 0. The summed E-state index contributed by atoms with van der Waals surface area (Å²) in [6.45, 7) is 1.92. The molecule has 0 radical (unpaired) electrons. The van der Waals surface area contributed by atoms with Crippen LogP contribution in [0.5, 0.6) is 0 Å². The molecule has 0 spiro atoms. The van der Waals surface area contributed by atoms with Gasteiger partial charge in [0.05, 0.1) is 5.02 Å². The molecule has 0 unspecified atom stereocenters. The van der Waals surface area contributed by atoms with Gasteiger partial charge in [-0.2, -0.15) is 4.90 Å². The minimum absolute atomic E-state index is 0. The van der Waals surface area contributed by atoms with E-state index in [-0.39, 0.29) is 36.2 Å². The van der Waals surface area contributed by atoms with Crippen molar-refractivity contribution in [2.45, 2.75) is 11.3 Å². The fraction of sp³-hybridized carbons (Fsp3) is 0.500.